The van der Waals surface area contributed by atoms with Crippen LogP contribution in [0.5, 0.6) is 0 Å². The highest BCUT2D eigenvalue weighted by Crippen LogP contribution is 2.23. The average molecular weight is 322 g/mol. The molecule has 1 rings (SSSR count). The Morgan fingerprint density at radius 1 is 1.55 bits per heavy atom. The molecule has 11 heavy (non-hydrogen) atoms. The quantitative estimate of drug-likeness (QED) is 0.673. The summed E-state index contributed by atoms with van der Waals surface area (Å²) in [5, 5.41) is 8.60. The minimum atomic E-state index is 0.704. The summed E-state index contributed by atoms with van der Waals surface area (Å²) in [5.41, 5.74) is 1.84. The van der Waals surface area contributed by atoms with E-state index in [1.165, 1.54) is 3.57 Å². The number of hydrogen-bond donors (Lipinski definition) is 0. The van der Waals surface area contributed by atoms with Gasteiger partial charge in [0.2, 0.25) is 0 Å². The van der Waals surface area contributed by atoms with Gasteiger partial charge >= 0.3 is 0 Å². The maximum atomic E-state index is 8.60. The monoisotopic (exact) mass is 321 g/mol. The summed E-state index contributed by atoms with van der Waals surface area (Å²) >= 11 is 5.62. The van der Waals surface area contributed by atoms with Gasteiger partial charge in [-0.2, -0.15) is 5.26 Å². The normalized spacial score (nSPS) is 9.27. The van der Waals surface area contributed by atoms with Crippen molar-refractivity contribution in [1.82, 2.24) is 0 Å². The lowest BCUT2D eigenvalue weighted by atomic mass is 10.2. The third kappa shape index (κ3) is 1.94. The van der Waals surface area contributed by atoms with Crippen molar-refractivity contribution in [1.29, 1.82) is 5.26 Å². The van der Waals surface area contributed by atoms with Crippen molar-refractivity contribution >= 4 is 38.5 Å². The van der Waals surface area contributed by atoms with E-state index in [-0.39, 0.29) is 0 Å². The lowest BCUT2D eigenvalue weighted by molar-refractivity contribution is 1.37. The van der Waals surface area contributed by atoms with Crippen LogP contribution in [0.1, 0.15) is 11.1 Å². The number of hydrogen-bond acceptors (Lipinski definition) is 1. The molecule has 0 aliphatic heterocycles. The van der Waals surface area contributed by atoms with Crippen molar-refractivity contribution in [2.24, 2.45) is 0 Å². The molecule has 3 heteroatoms. The Kier molecular flexibility index (Phi) is 2.90. The molecule has 0 saturated carbocycles. The fourth-order valence-electron chi connectivity index (χ4n) is 0.791. The van der Waals surface area contributed by atoms with Gasteiger partial charge in [-0.05, 0) is 63.1 Å². The Labute approximate surface area is 87.7 Å². The molecule has 0 fully saturated rings. The molecule has 0 amide bonds. The van der Waals surface area contributed by atoms with Crippen LogP contribution >= 0.6 is 38.5 Å². The lowest BCUT2D eigenvalue weighted by Gasteiger charge is -2.00. The lowest BCUT2D eigenvalue weighted by Crippen LogP contribution is -1.84. The molecule has 0 bridgehead atoms. The number of rotatable bonds is 0. The van der Waals surface area contributed by atoms with Crippen LogP contribution in [0.2, 0.25) is 0 Å². The second-order valence-corrected chi connectivity index (χ2v) is 4.13. The highest BCUT2D eigenvalue weighted by Gasteiger charge is 2.01. The van der Waals surface area contributed by atoms with Gasteiger partial charge in [0, 0.05) is 8.04 Å². The molecule has 0 saturated heterocycles. The summed E-state index contributed by atoms with van der Waals surface area (Å²) < 4.78 is 2.16. The van der Waals surface area contributed by atoms with Gasteiger partial charge in [0.25, 0.3) is 0 Å². The van der Waals surface area contributed by atoms with E-state index in [4.69, 9.17) is 5.26 Å². The summed E-state index contributed by atoms with van der Waals surface area (Å²) in [6.45, 7) is 1.99. The van der Waals surface area contributed by atoms with E-state index >= 15 is 0 Å². The Bertz CT molecular complexity index is 304. The van der Waals surface area contributed by atoms with Crippen LogP contribution in [0, 0.1) is 21.8 Å². The first-order valence-electron chi connectivity index (χ1n) is 3.01. The summed E-state index contributed by atoms with van der Waals surface area (Å²) in [6.07, 6.45) is 0. The van der Waals surface area contributed by atoms with E-state index in [2.05, 4.69) is 44.6 Å². The van der Waals surface area contributed by atoms with Crippen LogP contribution in [0.3, 0.4) is 0 Å². The number of nitriles is 1. The standard InChI is InChI=1S/C8H5BrIN/c1-5-2-6(4-11)3-7(9)8(5)10/h2-3H,1H3. The maximum Gasteiger partial charge on any atom is 0.0992 e. The fraction of sp³-hybridized carbons (Fsp3) is 0.125. The number of benzene rings is 1. The zero-order valence-corrected chi connectivity index (χ0v) is 9.60. The van der Waals surface area contributed by atoms with Gasteiger partial charge in [0.15, 0.2) is 0 Å². The van der Waals surface area contributed by atoms with E-state index in [0.29, 0.717) is 5.56 Å². The predicted molar refractivity (Wildman–Crippen MR) is 56.3 cm³/mol. The van der Waals surface area contributed by atoms with Gasteiger partial charge in [-0.15, -0.1) is 0 Å². The second kappa shape index (κ2) is 3.55. The maximum absolute atomic E-state index is 8.60. The highest BCUT2D eigenvalue weighted by molar-refractivity contribution is 14.1. The molecular formula is C8H5BrIN. The third-order valence-electron chi connectivity index (χ3n) is 1.34. The van der Waals surface area contributed by atoms with Crippen LogP contribution in [0.4, 0.5) is 0 Å². The smallest absolute Gasteiger partial charge is 0.0992 e. The van der Waals surface area contributed by atoms with Gasteiger partial charge in [0.1, 0.15) is 0 Å². The van der Waals surface area contributed by atoms with Crippen LogP contribution in [0.15, 0.2) is 16.6 Å². The van der Waals surface area contributed by atoms with Crippen LogP contribution in [-0.4, -0.2) is 0 Å². The number of nitrogens with zero attached hydrogens (tertiary/aromatic N) is 1. The van der Waals surface area contributed by atoms with Gasteiger partial charge in [-0.25, -0.2) is 0 Å². The minimum absolute atomic E-state index is 0.704. The van der Waals surface area contributed by atoms with Crippen molar-refractivity contribution in [2.45, 2.75) is 6.92 Å². The molecule has 0 aromatic heterocycles. The zero-order chi connectivity index (χ0) is 8.43. The third-order valence-corrected chi connectivity index (χ3v) is 4.14. The van der Waals surface area contributed by atoms with Gasteiger partial charge in [0.05, 0.1) is 11.6 Å². The van der Waals surface area contributed by atoms with Crippen molar-refractivity contribution in [3.05, 3.63) is 31.3 Å². The largest absolute Gasteiger partial charge is 0.192 e. The Morgan fingerprint density at radius 3 is 2.64 bits per heavy atom. The van der Waals surface area contributed by atoms with E-state index in [0.717, 1.165) is 10.0 Å². The SMILES string of the molecule is Cc1cc(C#N)cc(Br)c1I. The first-order valence-corrected chi connectivity index (χ1v) is 4.88. The fourth-order valence-corrected chi connectivity index (χ4v) is 1.66. The molecule has 0 N–H and O–H groups in total. The van der Waals surface area contributed by atoms with Crippen LogP contribution < -0.4 is 0 Å². The topological polar surface area (TPSA) is 23.8 Å². The van der Waals surface area contributed by atoms with Gasteiger partial charge < -0.3 is 0 Å². The molecule has 0 aliphatic carbocycles. The molecule has 1 aromatic rings. The summed E-state index contributed by atoms with van der Waals surface area (Å²) in [5.74, 6) is 0. The average Bonchev–Trinajstić information content (AvgIpc) is 1.99. The van der Waals surface area contributed by atoms with Gasteiger partial charge in [-0.3, -0.25) is 0 Å². The number of halogens is 2. The van der Waals surface area contributed by atoms with E-state index < -0.39 is 0 Å². The number of aryl methyl sites for hydroxylation is 1. The van der Waals surface area contributed by atoms with E-state index in [9.17, 15) is 0 Å². The van der Waals surface area contributed by atoms with E-state index in [1.807, 2.05) is 19.1 Å². The summed E-state index contributed by atoms with van der Waals surface area (Å²) in [7, 11) is 0. The highest BCUT2D eigenvalue weighted by atomic mass is 127. The molecule has 1 aromatic carbocycles. The molecule has 0 aliphatic rings. The predicted octanol–water partition coefficient (Wildman–Crippen LogP) is 3.23. The van der Waals surface area contributed by atoms with Crippen molar-refractivity contribution in [2.75, 3.05) is 0 Å². The molecule has 1 nitrogen and oxygen atoms in total. The Hall–Kier alpha value is -0.0800. The molecule has 0 spiro atoms. The molecule has 0 heterocycles. The first-order chi connectivity index (χ1) is 5.15. The molecule has 0 unspecified atom stereocenters. The Balaban J connectivity index is 3.35. The van der Waals surface area contributed by atoms with Gasteiger partial charge in [-0.1, -0.05) is 0 Å². The molecule has 0 radical (unpaired) electrons. The Morgan fingerprint density at radius 2 is 2.18 bits per heavy atom. The van der Waals surface area contributed by atoms with Crippen molar-refractivity contribution in [3.63, 3.8) is 0 Å². The minimum Gasteiger partial charge on any atom is -0.192 e. The first kappa shape index (κ1) is 9.01. The van der Waals surface area contributed by atoms with Crippen molar-refractivity contribution < 1.29 is 0 Å². The molecule has 56 valence electrons. The summed E-state index contributed by atoms with van der Waals surface area (Å²) in [6, 6.07) is 5.81. The van der Waals surface area contributed by atoms with Crippen molar-refractivity contribution in [3.8, 4) is 6.07 Å². The van der Waals surface area contributed by atoms with Crippen LogP contribution in [0.25, 0.3) is 0 Å². The zero-order valence-electron chi connectivity index (χ0n) is 5.86. The second-order valence-electron chi connectivity index (χ2n) is 2.20. The molecule has 0 atom stereocenters. The molecular weight excluding hydrogens is 317 g/mol. The summed E-state index contributed by atoms with van der Waals surface area (Å²) in [4.78, 5) is 0. The van der Waals surface area contributed by atoms with Crippen LogP contribution in [-0.2, 0) is 0 Å². The van der Waals surface area contributed by atoms with E-state index in [1.54, 1.807) is 0 Å².